The van der Waals surface area contributed by atoms with Crippen molar-refractivity contribution in [2.24, 2.45) is 0 Å². The number of carboxylic acid groups (broad SMARTS) is 1. The Balaban J connectivity index is 0. The summed E-state index contributed by atoms with van der Waals surface area (Å²) in [5.74, 6) is -2.20. The number of carboxylic acids is 1. The minimum absolute atomic E-state index is 0.0623. The first-order chi connectivity index (χ1) is 7.97. The van der Waals surface area contributed by atoms with E-state index >= 15 is 0 Å². The molecule has 0 saturated carbocycles. The van der Waals surface area contributed by atoms with Crippen LogP contribution < -0.4 is 0 Å². The highest BCUT2D eigenvalue weighted by molar-refractivity contribution is 5.79. The molecule has 0 amide bonds. The molecule has 0 aliphatic carbocycles. The first-order valence-corrected chi connectivity index (χ1v) is 4.83. The van der Waals surface area contributed by atoms with E-state index in [-0.39, 0.29) is 19.4 Å². The van der Waals surface area contributed by atoms with Crippen molar-refractivity contribution in [3.63, 3.8) is 0 Å². The molecule has 0 aromatic heterocycles. The van der Waals surface area contributed by atoms with Gasteiger partial charge in [0, 0.05) is 6.08 Å². The average molecular weight is 248 g/mol. The average Bonchev–Trinajstić information content (AvgIpc) is 2.27. The summed E-state index contributed by atoms with van der Waals surface area (Å²) in [6.45, 7) is 3.61. The fourth-order valence-electron chi connectivity index (χ4n) is 0.626. The molecule has 0 bridgehead atoms. The number of aliphatic carboxylic acids is 1. The molecule has 0 atom stereocenters. The molecule has 0 heterocycles. The van der Waals surface area contributed by atoms with Gasteiger partial charge in [0.2, 0.25) is 0 Å². The lowest BCUT2D eigenvalue weighted by atomic mass is 10.3. The molecule has 17 heavy (non-hydrogen) atoms. The second-order valence-electron chi connectivity index (χ2n) is 2.61. The van der Waals surface area contributed by atoms with Gasteiger partial charge in [0.25, 0.3) is 0 Å². The van der Waals surface area contributed by atoms with E-state index < -0.39 is 17.9 Å². The summed E-state index contributed by atoms with van der Waals surface area (Å²) in [4.78, 5) is 33.6. The molecule has 0 spiro atoms. The Bertz CT molecular complexity index is 270. The predicted molar refractivity (Wildman–Crippen MR) is 57.0 cm³/mol. The van der Waals surface area contributed by atoms with E-state index in [0.29, 0.717) is 0 Å². The Hall–Kier alpha value is -1.89. The standard InChI is InChI=1S/C6H10O5.C4H6O2/c1-2-10-5(7)3-4-6(8)11-9;1-2-3-4(5)6/h9H,2-4H2,1H3;2-3H,1H3,(H,5,6). The van der Waals surface area contributed by atoms with Crippen LogP contribution in [0.25, 0.3) is 0 Å². The van der Waals surface area contributed by atoms with Crippen molar-refractivity contribution in [3.8, 4) is 0 Å². The highest BCUT2D eigenvalue weighted by Gasteiger charge is 2.07. The zero-order valence-corrected chi connectivity index (χ0v) is 9.71. The Labute approximate surface area is 98.6 Å². The fourth-order valence-corrected chi connectivity index (χ4v) is 0.626. The van der Waals surface area contributed by atoms with Gasteiger partial charge in [0.1, 0.15) is 0 Å². The zero-order valence-electron chi connectivity index (χ0n) is 9.71. The molecule has 0 aromatic rings. The van der Waals surface area contributed by atoms with Crippen molar-refractivity contribution in [2.75, 3.05) is 6.61 Å². The SMILES string of the molecule is CC=CC(=O)O.CCOC(=O)CCC(=O)OO. The van der Waals surface area contributed by atoms with Gasteiger partial charge in [0.05, 0.1) is 19.4 Å². The largest absolute Gasteiger partial charge is 0.478 e. The van der Waals surface area contributed by atoms with Crippen LogP contribution in [-0.2, 0) is 24.0 Å². The summed E-state index contributed by atoms with van der Waals surface area (Å²) in [6.07, 6.45) is 2.34. The van der Waals surface area contributed by atoms with Crippen LogP contribution >= 0.6 is 0 Å². The molecule has 0 aromatic carbocycles. The molecule has 0 aliphatic heterocycles. The van der Waals surface area contributed by atoms with Gasteiger partial charge < -0.3 is 14.7 Å². The Morgan fingerprint density at radius 2 is 1.71 bits per heavy atom. The number of rotatable bonds is 5. The van der Waals surface area contributed by atoms with Crippen molar-refractivity contribution >= 4 is 17.9 Å². The molecule has 0 unspecified atom stereocenters. The van der Waals surface area contributed by atoms with E-state index in [1.54, 1.807) is 13.8 Å². The summed E-state index contributed by atoms with van der Waals surface area (Å²) < 4.78 is 4.51. The number of hydrogen-bond acceptors (Lipinski definition) is 6. The molecule has 0 radical (unpaired) electrons. The third-order valence-corrected chi connectivity index (χ3v) is 1.25. The summed E-state index contributed by atoms with van der Waals surface area (Å²) in [6, 6.07) is 0. The van der Waals surface area contributed by atoms with Gasteiger partial charge in [-0.3, -0.25) is 4.79 Å². The molecule has 0 saturated heterocycles. The number of carbonyl (C=O) groups is 3. The van der Waals surface area contributed by atoms with Crippen LogP contribution in [0.15, 0.2) is 12.2 Å². The van der Waals surface area contributed by atoms with Crippen molar-refractivity contribution in [1.29, 1.82) is 0 Å². The first-order valence-electron chi connectivity index (χ1n) is 4.83. The van der Waals surface area contributed by atoms with Crippen LogP contribution in [0, 0.1) is 0 Å². The van der Waals surface area contributed by atoms with Crippen molar-refractivity contribution < 1.29 is 34.4 Å². The second-order valence-corrected chi connectivity index (χ2v) is 2.61. The molecule has 0 fully saturated rings. The van der Waals surface area contributed by atoms with Gasteiger partial charge in [-0.2, -0.15) is 5.26 Å². The quantitative estimate of drug-likeness (QED) is 0.323. The highest BCUT2D eigenvalue weighted by atomic mass is 17.1. The van der Waals surface area contributed by atoms with Crippen molar-refractivity contribution in [3.05, 3.63) is 12.2 Å². The van der Waals surface area contributed by atoms with Crippen LogP contribution in [0.5, 0.6) is 0 Å². The third-order valence-electron chi connectivity index (χ3n) is 1.25. The lowest BCUT2D eigenvalue weighted by Gasteiger charge is -1.98. The third kappa shape index (κ3) is 16.8. The van der Waals surface area contributed by atoms with E-state index in [1.807, 2.05) is 0 Å². The van der Waals surface area contributed by atoms with E-state index in [0.717, 1.165) is 6.08 Å². The predicted octanol–water partition coefficient (Wildman–Crippen LogP) is 0.993. The fraction of sp³-hybridized carbons (Fsp3) is 0.500. The summed E-state index contributed by atoms with van der Waals surface area (Å²) in [5, 5.41) is 15.6. The van der Waals surface area contributed by atoms with E-state index in [2.05, 4.69) is 9.62 Å². The Kier molecular flexibility index (Phi) is 12.5. The molecule has 98 valence electrons. The van der Waals surface area contributed by atoms with E-state index in [4.69, 9.17) is 10.4 Å². The van der Waals surface area contributed by atoms with Crippen LogP contribution in [0.3, 0.4) is 0 Å². The molecular formula is C10H16O7. The van der Waals surface area contributed by atoms with Gasteiger partial charge in [-0.05, 0) is 13.8 Å². The number of hydrogen-bond donors (Lipinski definition) is 2. The van der Waals surface area contributed by atoms with Gasteiger partial charge in [-0.15, -0.1) is 0 Å². The van der Waals surface area contributed by atoms with Crippen molar-refractivity contribution in [2.45, 2.75) is 26.7 Å². The molecular weight excluding hydrogens is 232 g/mol. The normalized spacial score (nSPS) is 9.12. The van der Waals surface area contributed by atoms with Crippen LogP contribution in [0.2, 0.25) is 0 Å². The summed E-state index contributed by atoms with van der Waals surface area (Å²) >= 11 is 0. The zero-order chi connectivity index (χ0) is 13.7. The topological polar surface area (TPSA) is 110 Å². The smallest absolute Gasteiger partial charge is 0.342 e. The maximum atomic E-state index is 10.6. The minimum Gasteiger partial charge on any atom is -0.478 e. The lowest BCUT2D eigenvalue weighted by molar-refractivity contribution is -0.234. The summed E-state index contributed by atoms with van der Waals surface area (Å²) in [7, 11) is 0. The van der Waals surface area contributed by atoms with Crippen molar-refractivity contribution in [1.82, 2.24) is 0 Å². The Morgan fingerprint density at radius 3 is 2.00 bits per heavy atom. The molecule has 7 heteroatoms. The van der Waals surface area contributed by atoms with E-state index in [1.165, 1.54) is 6.08 Å². The van der Waals surface area contributed by atoms with E-state index in [9.17, 15) is 14.4 Å². The first kappa shape index (κ1) is 17.5. The molecule has 0 aliphatic rings. The second kappa shape index (κ2) is 12.2. The molecule has 0 rings (SSSR count). The maximum absolute atomic E-state index is 10.6. The highest BCUT2D eigenvalue weighted by Crippen LogP contribution is 1.93. The molecule has 7 nitrogen and oxygen atoms in total. The van der Waals surface area contributed by atoms with Crippen LogP contribution in [0.1, 0.15) is 26.7 Å². The number of esters is 1. The van der Waals surface area contributed by atoms with Gasteiger partial charge in [-0.25, -0.2) is 9.59 Å². The monoisotopic (exact) mass is 248 g/mol. The maximum Gasteiger partial charge on any atom is 0.342 e. The minimum atomic E-state index is -0.891. The van der Waals surface area contributed by atoms with Gasteiger partial charge >= 0.3 is 17.9 Å². The van der Waals surface area contributed by atoms with Gasteiger partial charge in [-0.1, -0.05) is 6.08 Å². The number of allylic oxidation sites excluding steroid dienone is 1. The summed E-state index contributed by atoms with van der Waals surface area (Å²) in [5.41, 5.74) is 0. The van der Waals surface area contributed by atoms with Crippen LogP contribution in [-0.4, -0.2) is 34.9 Å². The lowest BCUT2D eigenvalue weighted by Crippen LogP contribution is -2.08. The van der Waals surface area contributed by atoms with Gasteiger partial charge in [0.15, 0.2) is 0 Å². The van der Waals surface area contributed by atoms with Crippen LogP contribution in [0.4, 0.5) is 0 Å². The number of carbonyl (C=O) groups excluding carboxylic acids is 2. The molecule has 2 N–H and O–H groups in total. The number of ether oxygens (including phenoxy) is 1. The Morgan fingerprint density at radius 1 is 1.18 bits per heavy atom.